The van der Waals surface area contributed by atoms with Gasteiger partial charge in [-0.15, -0.1) is 11.3 Å². The van der Waals surface area contributed by atoms with Crippen LogP contribution in [0.1, 0.15) is 23.8 Å². The van der Waals surface area contributed by atoms with Crippen molar-refractivity contribution in [3.63, 3.8) is 0 Å². The second-order valence-corrected chi connectivity index (χ2v) is 6.00. The molecule has 0 aliphatic rings. The van der Waals surface area contributed by atoms with Gasteiger partial charge >= 0.3 is 0 Å². The van der Waals surface area contributed by atoms with E-state index in [1.807, 2.05) is 30.3 Å². The molecular weight excluding hydrogens is 306 g/mol. The predicted octanol–water partition coefficient (Wildman–Crippen LogP) is 3.88. The van der Waals surface area contributed by atoms with Crippen LogP contribution in [0.3, 0.4) is 0 Å². The number of hydrogen-bond acceptors (Lipinski definition) is 4. The second-order valence-electron chi connectivity index (χ2n) is 4.48. The third-order valence-corrected chi connectivity index (χ3v) is 4.27. The third-order valence-electron chi connectivity index (χ3n) is 2.99. The molecule has 1 atom stereocenters. The SMILES string of the molecule is CCC(C#N)C(=O)Nc1ncc(Cc2ccccc2Cl)s1. The first-order valence-electron chi connectivity index (χ1n) is 6.52. The molecule has 1 aromatic heterocycles. The van der Waals surface area contributed by atoms with Crippen LogP contribution in [0, 0.1) is 17.2 Å². The maximum absolute atomic E-state index is 11.8. The predicted molar refractivity (Wildman–Crippen MR) is 84.4 cm³/mol. The van der Waals surface area contributed by atoms with Crippen molar-refractivity contribution in [2.45, 2.75) is 19.8 Å². The third kappa shape index (κ3) is 4.03. The fourth-order valence-electron chi connectivity index (χ4n) is 1.80. The van der Waals surface area contributed by atoms with Crippen LogP contribution < -0.4 is 5.32 Å². The van der Waals surface area contributed by atoms with Crippen LogP contribution in [0.5, 0.6) is 0 Å². The molecule has 1 aromatic carbocycles. The molecule has 0 spiro atoms. The molecule has 21 heavy (non-hydrogen) atoms. The van der Waals surface area contributed by atoms with Gasteiger partial charge in [-0.05, 0) is 18.1 Å². The van der Waals surface area contributed by atoms with Crippen molar-refractivity contribution < 1.29 is 4.79 Å². The Morgan fingerprint density at radius 1 is 1.52 bits per heavy atom. The fourth-order valence-corrected chi connectivity index (χ4v) is 2.85. The maximum Gasteiger partial charge on any atom is 0.243 e. The Labute approximate surface area is 132 Å². The van der Waals surface area contributed by atoms with E-state index in [2.05, 4.69) is 10.3 Å². The quantitative estimate of drug-likeness (QED) is 0.909. The number of carbonyl (C=O) groups excluding carboxylic acids is 1. The Hall–Kier alpha value is -1.90. The van der Waals surface area contributed by atoms with E-state index in [1.165, 1.54) is 11.3 Å². The average molecular weight is 320 g/mol. The number of amides is 1. The molecule has 0 saturated heterocycles. The molecular formula is C15H14ClN3OS. The van der Waals surface area contributed by atoms with Crippen LogP contribution in [0.2, 0.25) is 5.02 Å². The van der Waals surface area contributed by atoms with Gasteiger partial charge in [-0.25, -0.2) is 4.98 Å². The van der Waals surface area contributed by atoms with Gasteiger partial charge in [-0.3, -0.25) is 4.79 Å². The highest BCUT2D eigenvalue weighted by molar-refractivity contribution is 7.15. The second kappa shape index (κ2) is 7.21. The van der Waals surface area contributed by atoms with Gasteiger partial charge in [0.15, 0.2) is 5.13 Å². The molecule has 0 fully saturated rings. The zero-order chi connectivity index (χ0) is 15.2. The van der Waals surface area contributed by atoms with E-state index in [0.29, 0.717) is 23.0 Å². The minimum absolute atomic E-state index is 0.307. The van der Waals surface area contributed by atoms with Crippen molar-refractivity contribution in [3.05, 3.63) is 45.9 Å². The van der Waals surface area contributed by atoms with E-state index in [1.54, 1.807) is 13.1 Å². The Balaban J connectivity index is 2.04. The molecule has 0 aliphatic heterocycles. The van der Waals surface area contributed by atoms with E-state index >= 15 is 0 Å². The van der Waals surface area contributed by atoms with Crippen LogP contribution in [0.4, 0.5) is 5.13 Å². The number of anilines is 1. The van der Waals surface area contributed by atoms with E-state index < -0.39 is 5.92 Å². The molecule has 1 unspecified atom stereocenters. The maximum atomic E-state index is 11.8. The summed E-state index contributed by atoms with van der Waals surface area (Å²) < 4.78 is 0. The van der Waals surface area contributed by atoms with E-state index in [-0.39, 0.29) is 5.91 Å². The Morgan fingerprint density at radius 3 is 2.95 bits per heavy atom. The van der Waals surface area contributed by atoms with Crippen LogP contribution in [0.25, 0.3) is 0 Å². The van der Waals surface area contributed by atoms with Crippen molar-refractivity contribution in [3.8, 4) is 6.07 Å². The van der Waals surface area contributed by atoms with Gasteiger partial charge in [0.05, 0.1) is 6.07 Å². The Morgan fingerprint density at radius 2 is 2.29 bits per heavy atom. The van der Waals surface area contributed by atoms with E-state index in [0.717, 1.165) is 10.4 Å². The molecule has 0 saturated carbocycles. The summed E-state index contributed by atoms with van der Waals surface area (Å²) in [6.45, 7) is 1.80. The molecule has 1 heterocycles. The highest BCUT2D eigenvalue weighted by atomic mass is 35.5. The summed E-state index contributed by atoms with van der Waals surface area (Å²) in [6, 6.07) is 9.60. The fraction of sp³-hybridized carbons (Fsp3) is 0.267. The lowest BCUT2D eigenvalue weighted by molar-refractivity contribution is -0.118. The summed E-state index contributed by atoms with van der Waals surface area (Å²) in [5.74, 6) is -0.945. The van der Waals surface area contributed by atoms with Crippen molar-refractivity contribution in [2.24, 2.45) is 5.92 Å². The van der Waals surface area contributed by atoms with Gasteiger partial charge in [-0.1, -0.05) is 36.7 Å². The molecule has 0 aliphatic carbocycles. The first kappa shape index (κ1) is 15.5. The minimum Gasteiger partial charge on any atom is -0.301 e. The van der Waals surface area contributed by atoms with Gasteiger partial charge in [-0.2, -0.15) is 5.26 Å². The Kier molecular flexibility index (Phi) is 5.32. The Bertz CT molecular complexity index is 678. The van der Waals surface area contributed by atoms with Gasteiger partial charge in [0.1, 0.15) is 5.92 Å². The number of thiazole rings is 1. The number of nitrogens with zero attached hydrogens (tertiary/aromatic N) is 2. The largest absolute Gasteiger partial charge is 0.301 e. The smallest absolute Gasteiger partial charge is 0.243 e. The molecule has 4 nitrogen and oxygen atoms in total. The molecule has 0 bridgehead atoms. The first-order valence-corrected chi connectivity index (χ1v) is 7.72. The summed E-state index contributed by atoms with van der Waals surface area (Å²) in [5, 5.41) is 12.8. The van der Waals surface area contributed by atoms with Crippen molar-refractivity contribution in [1.82, 2.24) is 4.98 Å². The normalized spacial score (nSPS) is 11.7. The van der Waals surface area contributed by atoms with Gasteiger partial charge in [0.2, 0.25) is 5.91 Å². The van der Waals surface area contributed by atoms with Crippen LogP contribution >= 0.6 is 22.9 Å². The van der Waals surface area contributed by atoms with Crippen molar-refractivity contribution in [2.75, 3.05) is 5.32 Å². The monoisotopic (exact) mass is 319 g/mol. The number of halogens is 1. The van der Waals surface area contributed by atoms with Crippen LogP contribution in [0.15, 0.2) is 30.5 Å². The number of nitriles is 1. The van der Waals surface area contributed by atoms with Gasteiger partial charge in [0.25, 0.3) is 0 Å². The van der Waals surface area contributed by atoms with E-state index in [4.69, 9.17) is 16.9 Å². The number of carbonyl (C=O) groups is 1. The number of benzene rings is 1. The first-order chi connectivity index (χ1) is 10.1. The average Bonchev–Trinajstić information content (AvgIpc) is 2.90. The highest BCUT2D eigenvalue weighted by Crippen LogP contribution is 2.25. The molecule has 1 amide bonds. The molecule has 2 rings (SSSR count). The highest BCUT2D eigenvalue weighted by Gasteiger charge is 2.17. The molecule has 2 aromatic rings. The van der Waals surface area contributed by atoms with Crippen LogP contribution in [-0.2, 0) is 11.2 Å². The number of rotatable bonds is 5. The number of aromatic nitrogens is 1. The zero-order valence-electron chi connectivity index (χ0n) is 11.5. The van der Waals surface area contributed by atoms with Crippen molar-refractivity contribution >= 4 is 34.0 Å². The lowest BCUT2D eigenvalue weighted by Crippen LogP contribution is -2.20. The van der Waals surface area contributed by atoms with Crippen LogP contribution in [-0.4, -0.2) is 10.9 Å². The van der Waals surface area contributed by atoms with Gasteiger partial charge in [0, 0.05) is 22.5 Å². The van der Waals surface area contributed by atoms with E-state index in [9.17, 15) is 4.79 Å². The standard InChI is InChI=1S/C15H14ClN3OS/c1-2-10(8-17)14(20)19-15-18-9-12(21-15)7-11-5-3-4-6-13(11)16/h3-6,9-10H,2,7H2,1H3,(H,18,19,20). The summed E-state index contributed by atoms with van der Waals surface area (Å²) in [6.07, 6.45) is 2.87. The summed E-state index contributed by atoms with van der Waals surface area (Å²) in [7, 11) is 0. The number of nitrogens with one attached hydrogen (secondary N) is 1. The lowest BCUT2D eigenvalue weighted by Gasteiger charge is -2.04. The zero-order valence-corrected chi connectivity index (χ0v) is 13.0. The minimum atomic E-state index is -0.638. The molecule has 0 radical (unpaired) electrons. The lowest BCUT2D eigenvalue weighted by atomic mass is 10.1. The van der Waals surface area contributed by atoms with Gasteiger partial charge < -0.3 is 5.32 Å². The number of hydrogen-bond donors (Lipinski definition) is 1. The summed E-state index contributed by atoms with van der Waals surface area (Å²) >= 11 is 7.51. The molecule has 1 N–H and O–H groups in total. The topological polar surface area (TPSA) is 65.8 Å². The summed E-state index contributed by atoms with van der Waals surface area (Å²) in [4.78, 5) is 17.0. The summed E-state index contributed by atoms with van der Waals surface area (Å²) in [5.41, 5.74) is 1.02. The molecule has 6 heteroatoms. The molecule has 108 valence electrons. The van der Waals surface area contributed by atoms with Crippen molar-refractivity contribution in [1.29, 1.82) is 5.26 Å².